The lowest BCUT2D eigenvalue weighted by molar-refractivity contribution is -0.156. The number of hydrogen-bond acceptors (Lipinski definition) is 12. The van der Waals surface area contributed by atoms with Gasteiger partial charge in [-0.3, -0.25) is 48.6 Å². The summed E-state index contributed by atoms with van der Waals surface area (Å²) in [5.41, 5.74) is 12.0. The first-order chi connectivity index (χ1) is 39.0. The molecule has 3 saturated heterocycles. The van der Waals surface area contributed by atoms with Crippen LogP contribution in [0.15, 0.2) is 85.2 Å². The molecule has 1 unspecified atom stereocenters. The predicted molar refractivity (Wildman–Crippen MR) is 318 cm³/mol. The number of amides is 5. The van der Waals surface area contributed by atoms with Crippen molar-refractivity contribution in [3.8, 4) is 28.1 Å². The molecule has 0 spiro atoms. The Kier molecular flexibility index (Phi) is 17.7. The first kappa shape index (κ1) is 59.9. The number of rotatable bonds is 17. The van der Waals surface area contributed by atoms with Crippen LogP contribution in [0, 0.1) is 11.3 Å². The average molecular weight is 1140 g/mol. The summed E-state index contributed by atoms with van der Waals surface area (Å²) in [5.74, 6) is -2.80. The number of esters is 1. The normalized spacial score (nSPS) is 21.5. The Hall–Kier alpha value is -6.73. The molecule has 2 N–H and O–H groups in total. The fraction of sp³-hybridized carbons (Fsp3) is 0.516. The summed E-state index contributed by atoms with van der Waals surface area (Å²) < 4.78 is 21.8. The van der Waals surface area contributed by atoms with Gasteiger partial charge in [-0.2, -0.15) is 0 Å². The van der Waals surface area contributed by atoms with E-state index in [1.165, 1.54) is 17.0 Å². The van der Waals surface area contributed by atoms with Crippen molar-refractivity contribution in [3.05, 3.63) is 107 Å². The van der Waals surface area contributed by atoms with Crippen molar-refractivity contribution < 1.29 is 42.7 Å². The zero-order valence-corrected chi connectivity index (χ0v) is 51.2. The number of hydrazine groups is 1. The molecule has 4 aliphatic rings. The molecule has 4 aliphatic heterocycles. The van der Waals surface area contributed by atoms with Gasteiger partial charge in [-0.15, -0.1) is 0 Å². The number of nitrogens with one attached hydrogen (secondary N) is 2. The van der Waals surface area contributed by atoms with Crippen molar-refractivity contribution >= 4 is 54.7 Å². The number of piperazine rings is 1. The van der Waals surface area contributed by atoms with Gasteiger partial charge in [0.05, 0.1) is 18.9 Å². The summed E-state index contributed by atoms with van der Waals surface area (Å²) in [7, 11) is 0.604. The third-order valence-electron chi connectivity index (χ3n) is 17.5. The van der Waals surface area contributed by atoms with Gasteiger partial charge in [0, 0.05) is 74.5 Å². The van der Waals surface area contributed by atoms with Crippen molar-refractivity contribution in [1.82, 2.24) is 40.0 Å². The fourth-order valence-corrected chi connectivity index (χ4v) is 18.8. The number of carbonyl (C=O) groups excluding carboxylic acids is 6. The summed E-state index contributed by atoms with van der Waals surface area (Å²) in [6.45, 7) is 24.7. The molecule has 6 atom stereocenters. The number of benzene rings is 3. The highest BCUT2D eigenvalue weighted by atomic mass is 28.4. The third kappa shape index (κ3) is 11.8. The minimum atomic E-state index is -2.58. The molecule has 5 amide bonds. The fourth-order valence-electron chi connectivity index (χ4n) is 13.5. The molecule has 9 rings (SSSR count). The highest BCUT2D eigenvalue weighted by Gasteiger charge is 2.66. The molecule has 2 aromatic heterocycles. The molecular weight excluding hydrogens is 1050 g/mol. The van der Waals surface area contributed by atoms with E-state index >= 15 is 9.59 Å². The highest BCUT2D eigenvalue weighted by Crippen LogP contribution is 2.46. The Morgan fingerprint density at radius 3 is 2.23 bits per heavy atom. The van der Waals surface area contributed by atoms with E-state index in [1.807, 2.05) is 67.4 Å². The number of aromatic nitrogens is 2. The van der Waals surface area contributed by atoms with Crippen LogP contribution in [-0.2, 0) is 70.8 Å². The van der Waals surface area contributed by atoms with Gasteiger partial charge < -0.3 is 28.7 Å². The smallest absolute Gasteiger partial charge is 0.324 e. The average Bonchev–Trinajstić information content (AvgIpc) is 4.17. The molecule has 3 fully saturated rings. The highest BCUT2D eigenvalue weighted by molar-refractivity contribution is 6.78. The van der Waals surface area contributed by atoms with Crippen LogP contribution < -0.4 is 15.2 Å². The van der Waals surface area contributed by atoms with Crippen LogP contribution in [0.2, 0.25) is 16.6 Å². The lowest BCUT2D eigenvalue weighted by atomic mass is 9.84. The first-order valence-electron chi connectivity index (χ1n) is 29.4. The van der Waals surface area contributed by atoms with Crippen LogP contribution in [0.3, 0.4) is 0 Å². The van der Waals surface area contributed by atoms with E-state index in [0.717, 1.165) is 60.4 Å². The van der Waals surface area contributed by atoms with Crippen molar-refractivity contribution in [1.29, 1.82) is 0 Å². The second-order valence-electron chi connectivity index (χ2n) is 25.1. The van der Waals surface area contributed by atoms with Crippen LogP contribution >= 0.6 is 0 Å². The molecule has 3 aromatic carbocycles. The maximum Gasteiger partial charge on any atom is 0.324 e. The van der Waals surface area contributed by atoms with Gasteiger partial charge in [0.15, 0.2) is 0 Å². The number of methoxy groups -OCH3 is 1. The number of hydrogen-bond donors (Lipinski definition) is 2. The van der Waals surface area contributed by atoms with Crippen LogP contribution in [0.4, 0.5) is 0 Å². The Morgan fingerprint density at radius 1 is 0.890 bits per heavy atom. The first-order valence-corrected chi connectivity index (χ1v) is 31.5. The number of aryl methyl sites for hydroxylation is 1. The molecule has 18 heteroatoms. The maximum atomic E-state index is 15.3. The van der Waals surface area contributed by atoms with E-state index in [2.05, 4.69) is 113 Å². The van der Waals surface area contributed by atoms with Gasteiger partial charge in [-0.1, -0.05) is 112 Å². The van der Waals surface area contributed by atoms with E-state index in [0.29, 0.717) is 44.7 Å². The second kappa shape index (κ2) is 24.2. The number of likely N-dealkylation sites (N-methyl/N-ethyl adjacent to an activating group) is 1. The van der Waals surface area contributed by atoms with Crippen molar-refractivity contribution in [2.75, 3.05) is 33.9 Å². The summed E-state index contributed by atoms with van der Waals surface area (Å²) in [6, 6.07) is 19.9. The quantitative estimate of drug-likeness (QED) is 0.0391. The summed E-state index contributed by atoms with van der Waals surface area (Å²) >= 11 is 0. The summed E-state index contributed by atoms with van der Waals surface area (Å²) in [5, 5.41) is 5.56. The van der Waals surface area contributed by atoms with E-state index in [4.69, 9.17) is 13.9 Å². The van der Waals surface area contributed by atoms with Gasteiger partial charge >= 0.3 is 5.97 Å². The standard InChI is InChI=1S/C64H84N8O9Si/c1-14-69-53-23-22-44-31-48(53)49(56(69)50-33-65-25-24-45(50)36-79-13)32-64(10,11)37-80-63(78)51-21-18-26-72(67-51)60(75)52(29-43-27-46(44)30-47(28-43)81-82(39(4)5,40(6)7)41(8)9)66-59(74)55(38(2)3)68(12)54(73)35-71-61(76)57-58(62(71)77)70(57)34-42-19-16-15-17-20-42/h15-17,19-20,22-25,27-28,30-31,33,38-41,51-52,55,57-58,67H,14,18,21,26,29,32,34-37H2,1-13H3,(H,66,74)/t51-,52-,55-,57-,58+,70?/m0/s1. The SMILES string of the molecule is CCn1c(-c2cnccc2COC)c2c3cc(ccc31)-c1cc(cc(O[Si](C(C)C)(C(C)C)C(C)C)c1)C[C@H](NC(=O)[C@H](C(C)C)N(C)C(=O)CN1C(=O)[C@@H]3[C@H](C1=O)N3Cc1ccccc1)C(=O)N1CCC[C@H](N1)C(=O)OCC(C)(C)C2. The van der Waals surface area contributed by atoms with Gasteiger partial charge in [0.2, 0.25) is 23.6 Å². The Balaban J connectivity index is 1.12. The molecule has 6 heterocycles. The Bertz CT molecular complexity index is 3190. The number of fused-ring (bicyclic) bond motifs is 7. The van der Waals surface area contributed by atoms with Crippen molar-refractivity contribution in [2.24, 2.45) is 11.3 Å². The lowest BCUT2D eigenvalue weighted by Gasteiger charge is -2.42. The van der Waals surface area contributed by atoms with E-state index in [9.17, 15) is 19.2 Å². The van der Waals surface area contributed by atoms with E-state index in [1.54, 1.807) is 13.3 Å². The molecule has 0 radical (unpaired) electrons. The zero-order valence-electron chi connectivity index (χ0n) is 50.2. The van der Waals surface area contributed by atoms with Crippen LogP contribution in [0.25, 0.3) is 33.3 Å². The third-order valence-corrected chi connectivity index (χ3v) is 23.5. The van der Waals surface area contributed by atoms with E-state index < -0.39 is 91.9 Å². The number of nitrogens with zero attached hydrogens (tertiary/aromatic N) is 6. The number of pyridine rings is 1. The molecule has 5 aromatic rings. The minimum Gasteiger partial charge on any atom is -0.543 e. The number of ether oxygens (including phenoxy) is 2. The monoisotopic (exact) mass is 1140 g/mol. The summed E-state index contributed by atoms with van der Waals surface area (Å²) in [4.78, 5) is 94.9. The van der Waals surface area contributed by atoms with Gasteiger partial charge in [-0.05, 0) is 112 Å². The number of likely N-dealkylation sites (tertiary alicyclic amines) is 1. The van der Waals surface area contributed by atoms with Gasteiger partial charge in [0.1, 0.15) is 42.5 Å². The second-order valence-corrected chi connectivity index (χ2v) is 30.5. The van der Waals surface area contributed by atoms with Crippen LogP contribution in [0.5, 0.6) is 5.75 Å². The zero-order chi connectivity index (χ0) is 59.1. The molecule has 17 nitrogen and oxygen atoms in total. The largest absolute Gasteiger partial charge is 0.543 e. The molecule has 0 saturated carbocycles. The molecular formula is C64H84N8O9Si. The summed E-state index contributed by atoms with van der Waals surface area (Å²) in [6.07, 6.45) is 5.17. The number of carbonyl (C=O) groups is 6. The topological polar surface area (TPSA) is 185 Å². The van der Waals surface area contributed by atoms with Crippen molar-refractivity contribution in [2.45, 2.75) is 168 Å². The minimum absolute atomic E-state index is 0.0184. The Morgan fingerprint density at radius 2 is 1.59 bits per heavy atom. The number of cyclic esters (lactones) is 1. The Labute approximate surface area is 484 Å². The van der Waals surface area contributed by atoms with Crippen LogP contribution in [0.1, 0.15) is 111 Å². The van der Waals surface area contributed by atoms with Crippen LogP contribution in [-0.4, -0.2) is 137 Å². The molecule has 82 heavy (non-hydrogen) atoms. The maximum absolute atomic E-state index is 15.3. The van der Waals surface area contributed by atoms with E-state index in [-0.39, 0.29) is 36.2 Å². The van der Waals surface area contributed by atoms with Gasteiger partial charge in [-0.25, -0.2) is 5.43 Å². The molecule has 0 aliphatic carbocycles. The predicted octanol–water partition coefficient (Wildman–Crippen LogP) is 8.84. The lowest BCUT2D eigenvalue weighted by Crippen LogP contribution is -2.62. The van der Waals surface area contributed by atoms with Gasteiger partial charge in [0.25, 0.3) is 14.2 Å². The number of imide groups is 1. The molecule has 6 bridgehead atoms. The van der Waals surface area contributed by atoms with Crippen molar-refractivity contribution in [3.63, 3.8) is 0 Å². The molecule has 438 valence electrons.